The molecule has 9 heteroatoms. The molecule has 0 amide bonds. The van der Waals surface area contributed by atoms with Gasteiger partial charge in [0.05, 0.1) is 5.75 Å². The molecule has 2 atom stereocenters. The van der Waals surface area contributed by atoms with Crippen LogP contribution in [0.5, 0.6) is 0 Å². The molecule has 0 saturated carbocycles. The Balaban J connectivity index is 4.34. The Morgan fingerprint density at radius 2 is 1.39 bits per heavy atom. The molecule has 2 N–H and O–H groups in total. The highest BCUT2D eigenvalue weighted by atomic mass is 32.9. The molecular weight excluding hydrogens is 359 g/mol. The maximum atomic E-state index is 9.35. The summed E-state index contributed by atoms with van der Waals surface area (Å²) in [4.78, 5) is 18.7. The molecule has 0 aromatic rings. The van der Waals surface area contributed by atoms with E-state index in [0.717, 1.165) is 37.1 Å². The zero-order valence-electron chi connectivity index (χ0n) is 14.5. The maximum absolute atomic E-state index is 9.35. The first-order chi connectivity index (χ1) is 10.8. The van der Waals surface area contributed by atoms with Gasteiger partial charge < -0.3 is 28.7 Å². The van der Waals surface area contributed by atoms with Crippen LogP contribution in [0, 0.1) is 0 Å². The fourth-order valence-corrected chi connectivity index (χ4v) is 3.53. The topological polar surface area (TPSA) is 77.4 Å². The quantitative estimate of drug-likeness (QED) is 0.249. The average Bonchev–Trinajstić information content (AvgIpc) is 2.44. The van der Waals surface area contributed by atoms with E-state index >= 15 is 0 Å². The predicted molar refractivity (Wildman–Crippen MR) is 97.8 cm³/mol. The second-order valence-electron chi connectivity index (χ2n) is 5.07. The summed E-state index contributed by atoms with van der Waals surface area (Å²) in [5.41, 5.74) is -3.35. The lowest BCUT2D eigenvalue weighted by Crippen LogP contribution is -2.31. The first-order valence-corrected chi connectivity index (χ1v) is 12.3. The number of unbranched alkanes of at least 4 members (excludes halogenated alkanes) is 2. The van der Waals surface area contributed by atoms with Crippen molar-refractivity contribution in [1.82, 2.24) is 0 Å². The van der Waals surface area contributed by atoms with Gasteiger partial charge in [-0.15, -0.1) is 0 Å². The molecule has 23 heavy (non-hydrogen) atoms. The van der Waals surface area contributed by atoms with Gasteiger partial charge in [-0.25, -0.2) is 0 Å². The third kappa shape index (κ3) is 16.0. The van der Waals surface area contributed by atoms with Crippen LogP contribution in [-0.4, -0.2) is 47.6 Å². The van der Waals surface area contributed by atoms with E-state index < -0.39 is 24.6 Å². The van der Waals surface area contributed by atoms with Gasteiger partial charge in [-0.1, -0.05) is 38.1 Å². The van der Waals surface area contributed by atoms with E-state index in [2.05, 4.69) is 25.7 Å². The van der Waals surface area contributed by atoms with Gasteiger partial charge in [-0.3, -0.25) is 0 Å². The largest absolute Gasteiger partial charge is 0.353 e. The summed E-state index contributed by atoms with van der Waals surface area (Å²) in [7, 11) is 0. The van der Waals surface area contributed by atoms with Crippen molar-refractivity contribution >= 4 is 28.9 Å². The van der Waals surface area contributed by atoms with Crippen molar-refractivity contribution in [2.45, 2.75) is 72.2 Å². The molecular formula is C14H31O6PS2. The molecule has 6 nitrogen and oxygen atoms in total. The second-order valence-corrected chi connectivity index (χ2v) is 11.2. The standard InChI is InChI=1S/C14H31O6PS2/c1-5-7-9-17-12(3)19-14(11-23-21(15,16)22)20-13(4)18-10-8-6-2/h12-14H,5-11H2,1-4H3,(H2,15,16,22). The second kappa shape index (κ2) is 14.0. The Hall–Kier alpha value is 0.760. The van der Waals surface area contributed by atoms with Crippen molar-refractivity contribution in [3.63, 3.8) is 0 Å². The normalized spacial score (nSPS) is 16.3. The summed E-state index contributed by atoms with van der Waals surface area (Å²) in [5.74, 6) is 0.202. The zero-order valence-corrected chi connectivity index (χ0v) is 17.0. The highest BCUT2D eigenvalue weighted by Crippen LogP contribution is 2.51. The lowest BCUT2D eigenvalue weighted by Gasteiger charge is -2.26. The van der Waals surface area contributed by atoms with E-state index in [9.17, 15) is 9.79 Å². The molecule has 0 aliphatic carbocycles. The van der Waals surface area contributed by atoms with Crippen LogP contribution in [-0.2, 0) is 30.8 Å². The third-order valence-electron chi connectivity index (χ3n) is 2.77. The zero-order chi connectivity index (χ0) is 17.7. The van der Waals surface area contributed by atoms with Crippen molar-refractivity contribution in [2.24, 2.45) is 0 Å². The van der Waals surface area contributed by atoms with Crippen LogP contribution < -0.4 is 0 Å². The van der Waals surface area contributed by atoms with Crippen LogP contribution >= 0.6 is 17.1 Å². The molecule has 0 rings (SSSR count). The minimum Gasteiger partial charge on any atom is -0.353 e. The molecule has 140 valence electrons. The fourth-order valence-electron chi connectivity index (χ4n) is 1.56. The Kier molecular flexibility index (Phi) is 14.4. The van der Waals surface area contributed by atoms with Crippen LogP contribution in [0.3, 0.4) is 0 Å². The smallest absolute Gasteiger partial charge is 0.242 e. The summed E-state index contributed by atoms with van der Waals surface area (Å²) in [5, 5.41) is 0. The summed E-state index contributed by atoms with van der Waals surface area (Å²) in [6.45, 7) is 8.96. The van der Waals surface area contributed by atoms with Gasteiger partial charge in [0.1, 0.15) is 0 Å². The van der Waals surface area contributed by atoms with Crippen LogP contribution in [0.25, 0.3) is 0 Å². The van der Waals surface area contributed by atoms with E-state index in [0.29, 0.717) is 13.2 Å². The van der Waals surface area contributed by atoms with Crippen molar-refractivity contribution in [3.8, 4) is 0 Å². The Labute approximate surface area is 149 Å². The molecule has 0 spiro atoms. The van der Waals surface area contributed by atoms with Gasteiger partial charge >= 0.3 is 0 Å². The van der Waals surface area contributed by atoms with Crippen molar-refractivity contribution in [2.75, 3.05) is 19.0 Å². The minimum atomic E-state index is -3.35. The third-order valence-corrected chi connectivity index (χ3v) is 5.93. The van der Waals surface area contributed by atoms with Crippen LogP contribution in [0.1, 0.15) is 53.4 Å². The fraction of sp³-hybridized carbons (Fsp3) is 1.00. The molecule has 0 fully saturated rings. The molecule has 0 aromatic carbocycles. The summed E-state index contributed by atoms with van der Waals surface area (Å²) in [6, 6.07) is 0. The lowest BCUT2D eigenvalue weighted by atomic mass is 10.4. The molecule has 0 radical (unpaired) electrons. The molecule has 0 bridgehead atoms. The molecule has 0 aromatic heterocycles. The van der Waals surface area contributed by atoms with Gasteiger partial charge in [-0.05, 0) is 38.5 Å². The Bertz CT molecular complexity index is 310. The molecule has 0 aliphatic heterocycles. The maximum Gasteiger partial charge on any atom is 0.242 e. The minimum absolute atomic E-state index is 0.202. The monoisotopic (exact) mass is 390 g/mol. The number of rotatable bonds is 15. The molecule has 0 aliphatic rings. The van der Waals surface area contributed by atoms with E-state index in [1.54, 1.807) is 13.8 Å². The highest BCUT2D eigenvalue weighted by Gasteiger charge is 2.21. The SMILES string of the molecule is CCCCOC(C)OC(CSP(O)(O)=S)OC(C)OCCCC. The molecule has 0 heterocycles. The summed E-state index contributed by atoms with van der Waals surface area (Å²) in [6.07, 6.45) is 2.41. The average molecular weight is 391 g/mol. The number of hydrogen-bond acceptors (Lipinski definition) is 6. The highest BCUT2D eigenvalue weighted by molar-refractivity contribution is 8.67. The van der Waals surface area contributed by atoms with Crippen LogP contribution in [0.4, 0.5) is 0 Å². The Morgan fingerprint density at radius 3 is 1.74 bits per heavy atom. The van der Waals surface area contributed by atoms with Gasteiger partial charge in [0, 0.05) is 13.2 Å². The summed E-state index contributed by atoms with van der Waals surface area (Å²) >= 11 is 5.47. The van der Waals surface area contributed by atoms with Crippen LogP contribution in [0.2, 0.25) is 0 Å². The Morgan fingerprint density at radius 1 is 0.957 bits per heavy atom. The number of hydrogen-bond donors (Lipinski definition) is 2. The van der Waals surface area contributed by atoms with Crippen LogP contribution in [0.15, 0.2) is 0 Å². The van der Waals surface area contributed by atoms with Gasteiger partial charge in [0.25, 0.3) is 0 Å². The lowest BCUT2D eigenvalue weighted by molar-refractivity contribution is -0.277. The molecule has 2 unspecified atom stereocenters. The van der Waals surface area contributed by atoms with Gasteiger partial charge in [0.2, 0.25) is 5.69 Å². The van der Waals surface area contributed by atoms with Gasteiger partial charge in [-0.2, -0.15) is 0 Å². The first-order valence-electron chi connectivity index (χ1n) is 8.02. The molecule has 0 saturated heterocycles. The van der Waals surface area contributed by atoms with E-state index in [1.807, 2.05) is 0 Å². The van der Waals surface area contributed by atoms with Gasteiger partial charge in [0.15, 0.2) is 18.9 Å². The summed E-state index contributed by atoms with van der Waals surface area (Å²) < 4.78 is 22.4. The van der Waals surface area contributed by atoms with E-state index in [4.69, 9.17) is 18.9 Å². The van der Waals surface area contributed by atoms with Crippen molar-refractivity contribution in [1.29, 1.82) is 0 Å². The van der Waals surface area contributed by atoms with E-state index in [-0.39, 0.29) is 5.75 Å². The first kappa shape index (κ1) is 23.8. The number of ether oxygens (including phenoxy) is 4. The van der Waals surface area contributed by atoms with Crippen molar-refractivity contribution < 1.29 is 28.7 Å². The van der Waals surface area contributed by atoms with Crippen molar-refractivity contribution in [3.05, 3.63) is 0 Å². The van der Waals surface area contributed by atoms with E-state index in [1.165, 1.54) is 0 Å². The predicted octanol–water partition coefficient (Wildman–Crippen LogP) is 3.61.